The second-order valence-corrected chi connectivity index (χ2v) is 6.67. The molecule has 1 aliphatic heterocycles. The number of benzene rings is 1. The number of likely N-dealkylation sites (tertiary alicyclic amines) is 1. The lowest BCUT2D eigenvalue weighted by Crippen LogP contribution is -2.48. The predicted octanol–water partition coefficient (Wildman–Crippen LogP) is 1.72. The molecule has 144 valence electrons. The van der Waals surface area contributed by atoms with Gasteiger partial charge in [0, 0.05) is 40.8 Å². The molecule has 1 aromatic carbocycles. The minimum atomic E-state index is -0.149. The zero-order chi connectivity index (χ0) is 18.9. The van der Waals surface area contributed by atoms with Gasteiger partial charge in [-0.2, -0.15) is 0 Å². The van der Waals surface area contributed by atoms with Crippen LogP contribution in [0.1, 0.15) is 18.4 Å². The summed E-state index contributed by atoms with van der Waals surface area (Å²) in [7, 11) is 5.10. The maximum Gasteiger partial charge on any atom is 0.319 e. The van der Waals surface area contributed by atoms with E-state index in [0.717, 1.165) is 24.2 Å². The van der Waals surface area contributed by atoms with E-state index in [1.165, 1.54) is 0 Å². The zero-order valence-corrected chi connectivity index (χ0v) is 15.9. The standard InChI is InChI=1S/C19H29N3O4/c1-21(2)19(24)22-10-4-5-16(14-22)18(23)20-13-15-6-8-17(9-7-15)26-12-11-25-3/h6-9,16H,4-5,10-14H2,1-3H3,(H,20,23). The van der Waals surface area contributed by atoms with E-state index in [4.69, 9.17) is 9.47 Å². The maximum absolute atomic E-state index is 12.4. The highest BCUT2D eigenvalue weighted by molar-refractivity contribution is 5.80. The first-order chi connectivity index (χ1) is 12.5. The van der Waals surface area contributed by atoms with Crippen LogP contribution in [0, 0.1) is 5.92 Å². The van der Waals surface area contributed by atoms with Gasteiger partial charge in [0.05, 0.1) is 12.5 Å². The molecular formula is C19H29N3O4. The topological polar surface area (TPSA) is 71.1 Å². The zero-order valence-electron chi connectivity index (χ0n) is 15.9. The Hall–Kier alpha value is -2.28. The molecule has 0 radical (unpaired) electrons. The normalized spacial score (nSPS) is 16.9. The molecule has 7 nitrogen and oxygen atoms in total. The van der Waals surface area contributed by atoms with Crippen LogP contribution in [0.5, 0.6) is 5.75 Å². The summed E-state index contributed by atoms with van der Waals surface area (Å²) in [6, 6.07) is 7.60. The van der Waals surface area contributed by atoms with Crippen LogP contribution in [-0.4, -0.2) is 69.2 Å². The van der Waals surface area contributed by atoms with Crippen molar-refractivity contribution in [2.24, 2.45) is 5.92 Å². The van der Waals surface area contributed by atoms with Crippen molar-refractivity contribution >= 4 is 11.9 Å². The first-order valence-corrected chi connectivity index (χ1v) is 8.96. The van der Waals surface area contributed by atoms with E-state index in [9.17, 15) is 9.59 Å². The fourth-order valence-corrected chi connectivity index (χ4v) is 2.93. The van der Waals surface area contributed by atoms with Crippen molar-refractivity contribution in [3.05, 3.63) is 29.8 Å². The smallest absolute Gasteiger partial charge is 0.319 e. The first-order valence-electron chi connectivity index (χ1n) is 8.96. The van der Waals surface area contributed by atoms with Crippen molar-refractivity contribution < 1.29 is 19.1 Å². The third-order valence-corrected chi connectivity index (χ3v) is 4.39. The van der Waals surface area contributed by atoms with Gasteiger partial charge in [-0.25, -0.2) is 4.79 Å². The Morgan fingerprint density at radius 1 is 1.23 bits per heavy atom. The number of rotatable bonds is 7. The Bertz CT molecular complexity index is 589. The van der Waals surface area contributed by atoms with Gasteiger partial charge in [0.15, 0.2) is 0 Å². The number of nitrogens with one attached hydrogen (secondary N) is 1. The first kappa shape index (κ1) is 20.0. The van der Waals surface area contributed by atoms with Crippen LogP contribution in [0.2, 0.25) is 0 Å². The van der Waals surface area contributed by atoms with Gasteiger partial charge in [-0.15, -0.1) is 0 Å². The molecule has 1 fully saturated rings. The molecule has 2 rings (SSSR count). The summed E-state index contributed by atoms with van der Waals surface area (Å²) in [5.74, 6) is 0.633. The SMILES string of the molecule is COCCOc1ccc(CNC(=O)C2CCCN(C(=O)N(C)C)C2)cc1. The molecule has 26 heavy (non-hydrogen) atoms. The van der Waals surface area contributed by atoms with E-state index in [-0.39, 0.29) is 17.9 Å². The molecule has 1 heterocycles. The molecule has 1 unspecified atom stereocenters. The van der Waals surface area contributed by atoms with Crippen LogP contribution in [0.15, 0.2) is 24.3 Å². The minimum absolute atomic E-state index is 0.00155. The molecule has 3 amide bonds. The van der Waals surface area contributed by atoms with E-state index < -0.39 is 0 Å². The lowest BCUT2D eigenvalue weighted by atomic mass is 9.97. The predicted molar refractivity (Wildman–Crippen MR) is 99.0 cm³/mol. The third kappa shape index (κ3) is 5.91. The van der Waals surface area contributed by atoms with Gasteiger partial charge in [-0.05, 0) is 30.5 Å². The van der Waals surface area contributed by atoms with Crippen molar-refractivity contribution in [1.82, 2.24) is 15.1 Å². The van der Waals surface area contributed by atoms with E-state index >= 15 is 0 Å². The number of carbonyl (C=O) groups excluding carboxylic acids is 2. The van der Waals surface area contributed by atoms with E-state index in [1.807, 2.05) is 24.3 Å². The summed E-state index contributed by atoms with van der Waals surface area (Å²) in [5.41, 5.74) is 1.01. The minimum Gasteiger partial charge on any atom is -0.491 e. The number of nitrogens with zero attached hydrogens (tertiary/aromatic N) is 2. The molecule has 1 atom stereocenters. The molecule has 0 aliphatic carbocycles. The molecule has 0 saturated carbocycles. The largest absolute Gasteiger partial charge is 0.491 e. The summed E-state index contributed by atoms with van der Waals surface area (Å²) >= 11 is 0. The quantitative estimate of drug-likeness (QED) is 0.749. The Morgan fingerprint density at radius 3 is 2.62 bits per heavy atom. The van der Waals surface area contributed by atoms with Gasteiger partial charge in [0.2, 0.25) is 5.91 Å². The Kier molecular flexibility index (Phi) is 7.72. The second kappa shape index (κ2) is 10.0. The lowest BCUT2D eigenvalue weighted by molar-refractivity contribution is -0.126. The van der Waals surface area contributed by atoms with Crippen LogP contribution in [-0.2, 0) is 16.1 Å². The van der Waals surface area contributed by atoms with Gasteiger partial charge in [-0.3, -0.25) is 4.79 Å². The molecule has 1 aliphatic rings. The highest BCUT2D eigenvalue weighted by Crippen LogP contribution is 2.18. The second-order valence-electron chi connectivity index (χ2n) is 6.67. The number of carbonyl (C=O) groups is 2. The van der Waals surface area contributed by atoms with Gasteiger partial charge in [-0.1, -0.05) is 12.1 Å². The van der Waals surface area contributed by atoms with Gasteiger partial charge >= 0.3 is 6.03 Å². The molecule has 1 aromatic rings. The third-order valence-electron chi connectivity index (χ3n) is 4.39. The van der Waals surface area contributed by atoms with Crippen LogP contribution < -0.4 is 10.1 Å². The Balaban J connectivity index is 1.79. The number of ether oxygens (including phenoxy) is 2. The lowest BCUT2D eigenvalue weighted by Gasteiger charge is -2.33. The molecule has 0 aromatic heterocycles. The number of urea groups is 1. The number of amides is 3. The van der Waals surface area contributed by atoms with Gasteiger partial charge < -0.3 is 24.6 Å². The van der Waals surface area contributed by atoms with Crippen molar-refractivity contribution in [2.75, 3.05) is 47.5 Å². The Labute approximate surface area is 155 Å². The summed E-state index contributed by atoms with van der Waals surface area (Å²) in [4.78, 5) is 27.8. The summed E-state index contributed by atoms with van der Waals surface area (Å²) in [6.45, 7) is 2.72. The van der Waals surface area contributed by atoms with Crippen molar-refractivity contribution in [1.29, 1.82) is 0 Å². The van der Waals surface area contributed by atoms with Crippen LogP contribution in [0.4, 0.5) is 4.79 Å². The van der Waals surface area contributed by atoms with Crippen molar-refractivity contribution in [2.45, 2.75) is 19.4 Å². The van der Waals surface area contributed by atoms with Crippen molar-refractivity contribution in [3.8, 4) is 5.75 Å². The maximum atomic E-state index is 12.4. The molecule has 1 N–H and O–H groups in total. The molecule has 0 spiro atoms. The molecule has 0 bridgehead atoms. The fourth-order valence-electron chi connectivity index (χ4n) is 2.93. The van der Waals surface area contributed by atoms with Crippen LogP contribution in [0.3, 0.4) is 0 Å². The average molecular weight is 363 g/mol. The average Bonchev–Trinajstić information content (AvgIpc) is 2.66. The van der Waals surface area contributed by atoms with Crippen LogP contribution >= 0.6 is 0 Å². The monoisotopic (exact) mass is 363 g/mol. The van der Waals surface area contributed by atoms with E-state index in [2.05, 4.69) is 5.32 Å². The van der Waals surface area contributed by atoms with Gasteiger partial charge in [0.25, 0.3) is 0 Å². The van der Waals surface area contributed by atoms with E-state index in [1.54, 1.807) is 31.0 Å². The molecule has 1 saturated heterocycles. The molecular weight excluding hydrogens is 334 g/mol. The fraction of sp³-hybridized carbons (Fsp3) is 0.579. The number of hydrogen-bond donors (Lipinski definition) is 1. The van der Waals surface area contributed by atoms with Crippen LogP contribution in [0.25, 0.3) is 0 Å². The van der Waals surface area contributed by atoms with E-state index in [0.29, 0.717) is 32.8 Å². The highest BCUT2D eigenvalue weighted by Gasteiger charge is 2.28. The number of methoxy groups -OCH3 is 1. The summed E-state index contributed by atoms with van der Waals surface area (Å²) in [5, 5.41) is 2.98. The summed E-state index contributed by atoms with van der Waals surface area (Å²) in [6.07, 6.45) is 1.67. The highest BCUT2D eigenvalue weighted by atomic mass is 16.5. The Morgan fingerprint density at radius 2 is 1.96 bits per heavy atom. The summed E-state index contributed by atoms with van der Waals surface area (Å²) < 4.78 is 10.5. The van der Waals surface area contributed by atoms with Gasteiger partial charge in [0.1, 0.15) is 12.4 Å². The number of piperidine rings is 1. The van der Waals surface area contributed by atoms with Crippen molar-refractivity contribution in [3.63, 3.8) is 0 Å². The number of hydrogen-bond acceptors (Lipinski definition) is 4. The molecule has 7 heteroatoms.